The van der Waals surface area contributed by atoms with Crippen LogP contribution in [-0.4, -0.2) is 115 Å². The second-order valence-electron chi connectivity index (χ2n) is 16.5. The molecule has 0 aromatic heterocycles. The maximum absolute atomic E-state index is 11.8. The fourth-order valence-corrected chi connectivity index (χ4v) is 4.79. The van der Waals surface area contributed by atoms with Crippen LogP contribution in [0.4, 0.5) is 0 Å². The Bertz CT molecular complexity index is 1470. The molecule has 3 saturated heterocycles. The number of nitrogens with two attached hydrogens (primary N) is 1. The number of carbonyl (C=O) groups is 10. The van der Waals surface area contributed by atoms with Crippen molar-refractivity contribution in [2.45, 2.75) is 184 Å². The zero-order valence-corrected chi connectivity index (χ0v) is 36.5. The number of nitrogens with one attached hydrogen (secondary N) is 1. The predicted octanol–water partition coefficient (Wildman–Crippen LogP) is 3.80. The van der Waals surface area contributed by atoms with Gasteiger partial charge in [0.1, 0.15) is 41.0 Å². The number of carboxylic acid groups (broad SMARTS) is 1. The Labute approximate surface area is 347 Å². The third-order valence-electron chi connectivity index (χ3n) is 7.15. The second kappa shape index (κ2) is 25.1. The van der Waals surface area contributed by atoms with Crippen LogP contribution in [0, 0.1) is 5.92 Å². The molecular formula is C39H67ClN4O14. The van der Waals surface area contributed by atoms with Crippen molar-refractivity contribution in [2.75, 3.05) is 0 Å². The van der Waals surface area contributed by atoms with Crippen molar-refractivity contribution in [3.63, 3.8) is 0 Å². The lowest BCUT2D eigenvalue weighted by atomic mass is 10.1. The van der Waals surface area contributed by atoms with Gasteiger partial charge in [-0.3, -0.25) is 43.4 Å². The fourth-order valence-electron chi connectivity index (χ4n) is 4.79. The number of amides is 5. The van der Waals surface area contributed by atoms with Crippen LogP contribution in [0.5, 0.6) is 0 Å². The lowest BCUT2D eigenvalue weighted by Crippen LogP contribution is -2.44. The van der Waals surface area contributed by atoms with E-state index in [4.69, 9.17) is 25.1 Å². The molecule has 3 rings (SSSR count). The van der Waals surface area contributed by atoms with E-state index in [1.165, 1.54) is 20.8 Å². The van der Waals surface area contributed by atoms with Crippen molar-refractivity contribution in [1.29, 1.82) is 0 Å². The van der Waals surface area contributed by atoms with Crippen molar-refractivity contribution >= 4 is 70.3 Å². The van der Waals surface area contributed by atoms with E-state index in [0.29, 0.717) is 19.3 Å². The number of esters is 3. The highest BCUT2D eigenvalue weighted by molar-refractivity contribution is 6.62. The summed E-state index contributed by atoms with van der Waals surface area (Å²) in [5, 5.41) is 10.8. The molecule has 0 bridgehead atoms. The molecular weight excluding hydrogens is 784 g/mol. The standard InChI is InChI=1S/C11H17NO4.C9H15NO3.C9H19NO2.C7H9NO4.C2H3ClO.CH4/c1-7(13)12-8(5-6-9(12)14)10(15)16-11(2,3)4;1-9(2,3)13-8(12)6-4-5-7(11)10-6;1-6(2)7(10)8(11)12-9(3,4)5;1-4(9)8-5(7(11)12)2-3-6(8)10;1-2(3)4;/h8H,5-6H2,1-4H3;6H,4-5H2,1-3H3,(H,10,11);6-7H,10H2,1-5H3;5H,2-3H2,1H3,(H,11,12);1H3;1H4/t;;7-;;;/m..0.../s1. The summed E-state index contributed by atoms with van der Waals surface area (Å²) in [6.45, 7) is 23.7. The number of likely N-dealkylation sites (tertiary alicyclic amines) is 2. The summed E-state index contributed by atoms with van der Waals surface area (Å²) < 4.78 is 15.4. The van der Waals surface area contributed by atoms with Crippen LogP contribution in [0.1, 0.15) is 143 Å². The number of rotatable bonds is 5. The summed E-state index contributed by atoms with van der Waals surface area (Å²) in [5.41, 5.74) is 4.06. The number of ether oxygens (including phenoxy) is 3. The summed E-state index contributed by atoms with van der Waals surface area (Å²) in [7, 11) is 0. The monoisotopic (exact) mass is 850 g/mol. The van der Waals surface area contributed by atoms with Crippen LogP contribution in [0.15, 0.2) is 0 Å². The average molecular weight is 851 g/mol. The molecule has 19 heteroatoms. The Morgan fingerprint density at radius 3 is 1.34 bits per heavy atom. The normalized spacial score (nSPS) is 19.1. The molecule has 5 amide bonds. The van der Waals surface area contributed by atoms with Crippen molar-refractivity contribution in [3.05, 3.63) is 0 Å². The van der Waals surface area contributed by atoms with Crippen molar-refractivity contribution in [2.24, 2.45) is 11.7 Å². The molecule has 4 N–H and O–H groups in total. The number of hydrogen-bond acceptors (Lipinski definition) is 14. The molecule has 58 heavy (non-hydrogen) atoms. The predicted molar refractivity (Wildman–Crippen MR) is 214 cm³/mol. The van der Waals surface area contributed by atoms with E-state index in [9.17, 15) is 47.9 Å². The highest BCUT2D eigenvalue weighted by Gasteiger charge is 2.41. The minimum atomic E-state index is -1.11. The van der Waals surface area contributed by atoms with E-state index < -0.39 is 70.6 Å². The van der Waals surface area contributed by atoms with Gasteiger partial charge in [0.2, 0.25) is 34.8 Å². The van der Waals surface area contributed by atoms with Crippen LogP contribution in [0.25, 0.3) is 0 Å². The number of carbonyl (C=O) groups excluding carboxylic acids is 9. The first-order valence-electron chi connectivity index (χ1n) is 18.4. The quantitative estimate of drug-likeness (QED) is 0.202. The van der Waals surface area contributed by atoms with Gasteiger partial charge in [0.05, 0.1) is 0 Å². The van der Waals surface area contributed by atoms with Crippen LogP contribution in [0.3, 0.4) is 0 Å². The Morgan fingerprint density at radius 2 is 1.05 bits per heavy atom. The molecule has 3 fully saturated rings. The fraction of sp³-hybridized carbons (Fsp3) is 0.744. The van der Waals surface area contributed by atoms with Gasteiger partial charge in [0.25, 0.3) is 0 Å². The van der Waals surface area contributed by atoms with E-state index in [1.807, 2.05) is 55.4 Å². The molecule has 3 heterocycles. The average Bonchev–Trinajstić information content (AvgIpc) is 3.72. The SMILES string of the molecule is C.CC(=O)Cl.CC(=O)N1C(=O)CCC1C(=O)O.CC(=O)N1C(=O)CCC1C(=O)OC(C)(C)C.CC(C)(C)OC(=O)C1CCC(=O)N1.CC(C)[C@H](N)C(=O)OC(C)(C)C. The highest BCUT2D eigenvalue weighted by Crippen LogP contribution is 2.22. The second-order valence-corrected chi connectivity index (χ2v) is 17.0. The van der Waals surface area contributed by atoms with Gasteiger partial charge in [0, 0.05) is 40.0 Å². The molecule has 0 radical (unpaired) electrons. The van der Waals surface area contributed by atoms with Gasteiger partial charge in [-0.15, -0.1) is 0 Å². The summed E-state index contributed by atoms with van der Waals surface area (Å²) in [4.78, 5) is 111. The summed E-state index contributed by atoms with van der Waals surface area (Å²) in [6, 6.07) is -2.64. The molecule has 0 aromatic rings. The minimum absolute atomic E-state index is 0. The molecule has 3 aliphatic rings. The molecule has 0 saturated carbocycles. The van der Waals surface area contributed by atoms with Gasteiger partial charge in [-0.1, -0.05) is 21.3 Å². The van der Waals surface area contributed by atoms with Crippen molar-refractivity contribution < 1.29 is 67.3 Å². The third kappa shape index (κ3) is 24.4. The van der Waals surface area contributed by atoms with E-state index in [1.54, 1.807) is 20.8 Å². The maximum Gasteiger partial charge on any atom is 0.329 e. The van der Waals surface area contributed by atoms with Crippen LogP contribution < -0.4 is 11.1 Å². The van der Waals surface area contributed by atoms with Gasteiger partial charge in [-0.25, -0.2) is 14.4 Å². The third-order valence-corrected chi connectivity index (χ3v) is 7.15. The Kier molecular flexibility index (Phi) is 25.1. The molecule has 0 spiro atoms. The van der Waals surface area contributed by atoms with E-state index in [0.717, 1.165) is 9.80 Å². The highest BCUT2D eigenvalue weighted by atomic mass is 35.5. The first kappa shape index (κ1) is 57.9. The van der Waals surface area contributed by atoms with Gasteiger partial charge < -0.3 is 30.4 Å². The molecule has 18 nitrogen and oxygen atoms in total. The smallest absolute Gasteiger partial charge is 0.329 e. The molecule has 0 aliphatic carbocycles. The van der Waals surface area contributed by atoms with Gasteiger partial charge in [0.15, 0.2) is 0 Å². The molecule has 3 aliphatic heterocycles. The Hall–Kier alpha value is -4.45. The number of carboxylic acids is 1. The Balaban J connectivity index is -0.000000674. The molecule has 4 atom stereocenters. The number of imide groups is 2. The molecule has 3 unspecified atom stereocenters. The largest absolute Gasteiger partial charge is 0.480 e. The number of nitrogens with zero attached hydrogens (tertiary/aromatic N) is 2. The number of halogens is 1. The van der Waals surface area contributed by atoms with E-state index in [-0.39, 0.29) is 61.6 Å². The van der Waals surface area contributed by atoms with Gasteiger partial charge in [-0.05, 0) is 99.1 Å². The van der Waals surface area contributed by atoms with Crippen LogP contribution in [-0.2, 0) is 62.2 Å². The zero-order valence-electron chi connectivity index (χ0n) is 35.7. The van der Waals surface area contributed by atoms with Crippen molar-refractivity contribution in [1.82, 2.24) is 15.1 Å². The minimum Gasteiger partial charge on any atom is -0.480 e. The number of aliphatic carboxylic acids is 1. The first-order chi connectivity index (χ1) is 25.6. The van der Waals surface area contributed by atoms with Gasteiger partial charge in [-0.2, -0.15) is 0 Å². The topological polar surface area (TPSA) is 263 Å². The van der Waals surface area contributed by atoms with Crippen LogP contribution >= 0.6 is 11.6 Å². The summed E-state index contributed by atoms with van der Waals surface area (Å²) in [5.74, 6) is -3.82. The Morgan fingerprint density at radius 1 is 0.690 bits per heavy atom. The van der Waals surface area contributed by atoms with Gasteiger partial charge >= 0.3 is 23.9 Å². The van der Waals surface area contributed by atoms with Crippen LogP contribution in [0.2, 0.25) is 0 Å². The zero-order chi connectivity index (χ0) is 45.4. The first-order valence-corrected chi connectivity index (χ1v) is 18.8. The maximum atomic E-state index is 11.8. The lowest BCUT2D eigenvalue weighted by Gasteiger charge is -2.25. The summed E-state index contributed by atoms with van der Waals surface area (Å²) in [6.07, 6.45) is 1.93. The number of hydrogen-bond donors (Lipinski definition) is 3. The van der Waals surface area contributed by atoms with E-state index in [2.05, 4.69) is 16.9 Å². The molecule has 0 aromatic carbocycles. The van der Waals surface area contributed by atoms with Crippen molar-refractivity contribution in [3.8, 4) is 0 Å². The van der Waals surface area contributed by atoms with E-state index >= 15 is 0 Å². The lowest BCUT2D eigenvalue weighted by molar-refractivity contribution is -0.165. The summed E-state index contributed by atoms with van der Waals surface area (Å²) >= 11 is 4.64. The molecule has 334 valence electrons.